The average molecular weight is 418 g/mol. The first-order valence-corrected chi connectivity index (χ1v) is 10.7. The lowest BCUT2D eigenvalue weighted by molar-refractivity contribution is -0.0662. The van der Waals surface area contributed by atoms with Crippen LogP contribution in [0.25, 0.3) is 0 Å². The predicted molar refractivity (Wildman–Crippen MR) is 109 cm³/mol. The first-order chi connectivity index (χ1) is 14.3. The van der Waals surface area contributed by atoms with E-state index in [1.54, 1.807) is 4.90 Å². The van der Waals surface area contributed by atoms with E-state index in [9.17, 15) is 13.6 Å². The molecule has 9 heteroatoms. The first-order valence-electron chi connectivity index (χ1n) is 10.7. The predicted octanol–water partition coefficient (Wildman–Crippen LogP) is 2.14. The van der Waals surface area contributed by atoms with Gasteiger partial charge in [0.1, 0.15) is 5.82 Å². The maximum Gasteiger partial charge on any atom is 0.260 e. The normalized spacial score (nSPS) is 25.9. The van der Waals surface area contributed by atoms with Gasteiger partial charge in [-0.2, -0.15) is 10.1 Å². The fourth-order valence-corrected chi connectivity index (χ4v) is 5.47. The van der Waals surface area contributed by atoms with E-state index in [-0.39, 0.29) is 24.4 Å². The monoisotopic (exact) mass is 418 g/mol. The van der Waals surface area contributed by atoms with Gasteiger partial charge in [-0.25, -0.2) is 13.5 Å². The lowest BCUT2D eigenvalue weighted by atomic mass is 9.83. The maximum absolute atomic E-state index is 13.8. The van der Waals surface area contributed by atoms with Crippen molar-refractivity contribution in [3.05, 3.63) is 39.6 Å². The number of hydrogen-bond acceptors (Lipinski definition) is 5. The van der Waals surface area contributed by atoms with Crippen LogP contribution in [-0.2, 0) is 20.1 Å². The van der Waals surface area contributed by atoms with Crippen LogP contribution in [0.4, 0.5) is 14.7 Å². The molecule has 30 heavy (non-hydrogen) atoms. The molecule has 2 aromatic rings. The first kappa shape index (κ1) is 19.7. The smallest absolute Gasteiger partial charge is 0.260 e. The summed E-state index contributed by atoms with van der Waals surface area (Å²) in [6.07, 6.45) is 1.48. The third kappa shape index (κ3) is 3.53. The van der Waals surface area contributed by atoms with Crippen LogP contribution in [0.5, 0.6) is 0 Å². The van der Waals surface area contributed by atoms with Gasteiger partial charge in [0, 0.05) is 56.8 Å². The fourth-order valence-electron chi connectivity index (χ4n) is 5.47. The Balaban J connectivity index is 1.38. The standard InChI is InChI=1S/C21H28F2N6O/c1-14-24-20(26(2)25-14)28-9-15-8-17(12-28)18-5-4-16(19(30)29(18)10-15)11-27-7-3-6-21(22,23)13-27/h4-5,15,17H,3,6-13H2,1-2H3/t15-,17+/m0/s1. The number of aromatic nitrogens is 4. The summed E-state index contributed by atoms with van der Waals surface area (Å²) < 4.78 is 31.2. The Morgan fingerprint density at radius 1 is 1.23 bits per heavy atom. The molecule has 0 aliphatic carbocycles. The molecule has 0 aromatic carbocycles. The quantitative estimate of drug-likeness (QED) is 0.765. The Bertz CT molecular complexity index is 1020. The zero-order valence-corrected chi connectivity index (χ0v) is 17.5. The SMILES string of the molecule is Cc1nc(N2C[C@@H]3C[C@H](C2)c2ccc(CN4CCCC(F)(F)C4)c(=O)n2C3)n(C)n1. The fraction of sp³-hybridized carbons (Fsp3) is 0.667. The van der Waals surface area contributed by atoms with Gasteiger partial charge in [-0.15, -0.1) is 0 Å². The number of nitrogens with zero attached hydrogens (tertiary/aromatic N) is 6. The van der Waals surface area contributed by atoms with Crippen LogP contribution in [0.2, 0.25) is 0 Å². The molecular formula is C21H28F2N6O. The molecule has 0 amide bonds. The van der Waals surface area contributed by atoms with Crippen LogP contribution in [0.3, 0.4) is 0 Å². The Hall–Kier alpha value is -2.29. The second-order valence-corrected chi connectivity index (χ2v) is 9.16. The van der Waals surface area contributed by atoms with E-state index >= 15 is 0 Å². The molecule has 2 saturated heterocycles. The number of piperidine rings is 2. The van der Waals surface area contributed by atoms with Gasteiger partial charge in [-0.3, -0.25) is 9.69 Å². The van der Waals surface area contributed by atoms with Crippen molar-refractivity contribution < 1.29 is 8.78 Å². The minimum atomic E-state index is -2.65. The number of rotatable bonds is 3. The molecule has 2 aromatic heterocycles. The molecule has 3 aliphatic heterocycles. The van der Waals surface area contributed by atoms with Gasteiger partial charge in [0.15, 0.2) is 0 Å². The number of fused-ring (bicyclic) bond motifs is 4. The molecule has 2 fully saturated rings. The van der Waals surface area contributed by atoms with Gasteiger partial charge in [-0.05, 0) is 38.3 Å². The Morgan fingerprint density at radius 2 is 2.07 bits per heavy atom. The molecule has 0 unspecified atom stereocenters. The van der Waals surface area contributed by atoms with Crippen LogP contribution < -0.4 is 10.5 Å². The second kappa shape index (κ2) is 7.14. The van der Waals surface area contributed by atoms with Crippen LogP contribution >= 0.6 is 0 Å². The van der Waals surface area contributed by atoms with Gasteiger partial charge in [-0.1, -0.05) is 6.07 Å². The van der Waals surface area contributed by atoms with E-state index in [1.807, 2.05) is 35.4 Å². The Kier molecular flexibility index (Phi) is 4.68. The van der Waals surface area contributed by atoms with Crippen LogP contribution in [0.15, 0.2) is 16.9 Å². The van der Waals surface area contributed by atoms with Gasteiger partial charge < -0.3 is 9.47 Å². The summed E-state index contributed by atoms with van der Waals surface area (Å²) in [5.41, 5.74) is 1.66. The Labute approximate surface area is 174 Å². The molecule has 5 heterocycles. The summed E-state index contributed by atoms with van der Waals surface area (Å²) in [6, 6.07) is 3.89. The lowest BCUT2D eigenvalue weighted by Crippen LogP contribution is -2.49. The molecule has 2 bridgehead atoms. The average Bonchev–Trinajstić information content (AvgIpc) is 3.02. The third-order valence-electron chi connectivity index (χ3n) is 6.68. The van der Waals surface area contributed by atoms with Crippen molar-refractivity contribution in [3.8, 4) is 0 Å². The van der Waals surface area contributed by atoms with E-state index in [2.05, 4.69) is 15.0 Å². The summed E-state index contributed by atoms with van der Waals surface area (Å²) in [6.45, 7) is 4.87. The largest absolute Gasteiger partial charge is 0.340 e. The summed E-state index contributed by atoms with van der Waals surface area (Å²) in [5, 5.41) is 4.37. The van der Waals surface area contributed by atoms with E-state index in [1.165, 1.54) is 0 Å². The summed E-state index contributed by atoms with van der Waals surface area (Å²) >= 11 is 0. The highest BCUT2D eigenvalue weighted by Crippen LogP contribution is 2.36. The molecular weight excluding hydrogens is 390 g/mol. The number of anilines is 1. The molecule has 0 N–H and O–H groups in total. The van der Waals surface area contributed by atoms with Crippen molar-refractivity contribution in [2.45, 2.75) is 51.1 Å². The van der Waals surface area contributed by atoms with Gasteiger partial charge >= 0.3 is 0 Å². The zero-order valence-electron chi connectivity index (χ0n) is 17.5. The molecule has 7 nitrogen and oxygen atoms in total. The minimum absolute atomic E-state index is 0.0148. The molecule has 0 saturated carbocycles. The number of hydrogen-bond donors (Lipinski definition) is 0. The van der Waals surface area contributed by atoms with E-state index < -0.39 is 5.92 Å². The second-order valence-electron chi connectivity index (χ2n) is 9.16. The van der Waals surface area contributed by atoms with Crippen molar-refractivity contribution in [2.75, 3.05) is 31.1 Å². The molecule has 162 valence electrons. The van der Waals surface area contributed by atoms with Crippen LogP contribution in [-0.4, -0.2) is 56.3 Å². The van der Waals surface area contributed by atoms with Crippen LogP contribution in [0.1, 0.15) is 42.3 Å². The molecule has 5 rings (SSSR count). The van der Waals surface area contributed by atoms with E-state index in [0.29, 0.717) is 37.5 Å². The van der Waals surface area contributed by atoms with E-state index in [4.69, 9.17) is 0 Å². The summed E-state index contributed by atoms with van der Waals surface area (Å²) in [7, 11) is 1.91. The van der Waals surface area contributed by atoms with Crippen molar-refractivity contribution >= 4 is 5.95 Å². The van der Waals surface area contributed by atoms with Gasteiger partial charge in [0.05, 0.1) is 6.54 Å². The highest BCUT2D eigenvalue weighted by Gasteiger charge is 2.38. The Morgan fingerprint density at radius 3 is 2.80 bits per heavy atom. The summed E-state index contributed by atoms with van der Waals surface area (Å²) in [5.74, 6) is -0.397. The number of halogens is 2. The van der Waals surface area contributed by atoms with E-state index in [0.717, 1.165) is 37.0 Å². The van der Waals surface area contributed by atoms with Crippen molar-refractivity contribution in [1.29, 1.82) is 0 Å². The number of aryl methyl sites for hydroxylation is 2. The number of likely N-dealkylation sites (tertiary alicyclic amines) is 1. The number of pyridine rings is 1. The van der Waals surface area contributed by atoms with Crippen molar-refractivity contribution in [1.82, 2.24) is 24.2 Å². The minimum Gasteiger partial charge on any atom is -0.340 e. The molecule has 0 spiro atoms. The highest BCUT2D eigenvalue weighted by molar-refractivity contribution is 5.35. The maximum atomic E-state index is 13.8. The zero-order chi connectivity index (χ0) is 21.0. The molecule has 3 aliphatic rings. The number of alkyl halides is 2. The molecule has 0 radical (unpaired) electrons. The highest BCUT2D eigenvalue weighted by atomic mass is 19.3. The lowest BCUT2D eigenvalue weighted by Gasteiger charge is -2.43. The van der Waals surface area contributed by atoms with Crippen molar-refractivity contribution in [2.24, 2.45) is 13.0 Å². The summed E-state index contributed by atoms with van der Waals surface area (Å²) in [4.78, 5) is 21.8. The topological polar surface area (TPSA) is 59.2 Å². The third-order valence-corrected chi connectivity index (χ3v) is 6.68. The molecule has 2 atom stereocenters. The van der Waals surface area contributed by atoms with Crippen LogP contribution in [0, 0.1) is 12.8 Å². The van der Waals surface area contributed by atoms with Gasteiger partial charge in [0.25, 0.3) is 11.5 Å². The van der Waals surface area contributed by atoms with Gasteiger partial charge in [0.2, 0.25) is 5.95 Å². The van der Waals surface area contributed by atoms with Crippen molar-refractivity contribution in [3.63, 3.8) is 0 Å².